The zero-order chi connectivity index (χ0) is 17.3. The molecule has 2 nitrogen and oxygen atoms in total. The van der Waals surface area contributed by atoms with Crippen LogP contribution in [0, 0.1) is 29.1 Å². The van der Waals surface area contributed by atoms with Gasteiger partial charge in [0.2, 0.25) is 0 Å². The largest absolute Gasteiger partial charge is 0.375 e. The number of epoxide rings is 1. The maximum atomic E-state index is 6.05. The van der Waals surface area contributed by atoms with Gasteiger partial charge in [-0.3, -0.25) is 0 Å². The highest BCUT2D eigenvalue weighted by atomic mass is 16.6. The van der Waals surface area contributed by atoms with Crippen LogP contribution in [0.3, 0.4) is 0 Å². The molecule has 0 radical (unpaired) electrons. The van der Waals surface area contributed by atoms with Crippen LogP contribution in [0.2, 0.25) is 0 Å². The molecule has 2 heteroatoms. The van der Waals surface area contributed by atoms with Crippen molar-refractivity contribution in [3.05, 3.63) is 0 Å². The van der Waals surface area contributed by atoms with Crippen molar-refractivity contribution in [1.29, 1.82) is 0 Å². The maximum absolute atomic E-state index is 6.05. The summed E-state index contributed by atoms with van der Waals surface area (Å²) in [6.07, 6.45) is 18.4. The minimum Gasteiger partial charge on any atom is -0.375 e. The molecule has 144 valence electrons. The molecule has 1 atom stereocenters. The molecule has 25 heavy (non-hydrogen) atoms. The summed E-state index contributed by atoms with van der Waals surface area (Å²) < 4.78 is 11.3. The first kappa shape index (κ1) is 18.3. The Kier molecular flexibility index (Phi) is 5.77. The fourth-order valence-corrected chi connectivity index (χ4v) is 5.79. The number of rotatable bonds is 8. The molecule has 1 heterocycles. The van der Waals surface area contributed by atoms with Crippen LogP contribution in [-0.2, 0) is 9.47 Å². The van der Waals surface area contributed by atoms with Crippen LogP contribution in [-0.4, -0.2) is 25.4 Å². The fraction of sp³-hybridized carbons (Fsp3) is 1.00. The molecule has 1 unspecified atom stereocenters. The molecule has 0 aromatic heterocycles. The van der Waals surface area contributed by atoms with Crippen LogP contribution in [0.1, 0.15) is 90.9 Å². The van der Waals surface area contributed by atoms with E-state index in [1.165, 1.54) is 77.0 Å². The molecule has 0 spiro atoms. The van der Waals surface area contributed by atoms with E-state index in [0.29, 0.717) is 17.6 Å². The lowest BCUT2D eigenvalue weighted by Gasteiger charge is -2.46. The summed E-state index contributed by atoms with van der Waals surface area (Å²) in [5.74, 6) is 4.06. The van der Waals surface area contributed by atoms with E-state index in [-0.39, 0.29) is 0 Å². The van der Waals surface area contributed by atoms with Gasteiger partial charge in [0.05, 0.1) is 19.3 Å². The zero-order valence-electron chi connectivity index (χ0n) is 16.7. The van der Waals surface area contributed by atoms with Gasteiger partial charge >= 0.3 is 0 Å². The van der Waals surface area contributed by atoms with E-state index in [4.69, 9.17) is 9.47 Å². The predicted molar refractivity (Wildman–Crippen MR) is 103 cm³/mol. The highest BCUT2D eigenvalue weighted by Gasteiger charge is 2.40. The molecule has 4 rings (SSSR count). The lowest BCUT2D eigenvalue weighted by Crippen LogP contribution is -2.38. The minimum atomic E-state index is 0.421. The Bertz CT molecular complexity index is 370. The highest BCUT2D eigenvalue weighted by molar-refractivity contribution is 4.91. The molecule has 0 amide bonds. The van der Waals surface area contributed by atoms with Crippen LogP contribution in [0.4, 0.5) is 0 Å². The molecule has 0 aromatic rings. The zero-order valence-corrected chi connectivity index (χ0v) is 16.7. The SMILES string of the molecule is CC(C)(C1CCC(CCC2CC2)CC1)C1CCC(OCC2CO2)CC1. The van der Waals surface area contributed by atoms with Gasteiger partial charge in [-0.25, -0.2) is 0 Å². The first-order chi connectivity index (χ1) is 12.1. The third kappa shape index (κ3) is 5.01. The van der Waals surface area contributed by atoms with Crippen LogP contribution in [0.15, 0.2) is 0 Å². The normalized spacial score (nSPS) is 39.4. The van der Waals surface area contributed by atoms with Crippen molar-refractivity contribution in [3.8, 4) is 0 Å². The Morgan fingerprint density at radius 3 is 1.72 bits per heavy atom. The summed E-state index contributed by atoms with van der Waals surface area (Å²) in [4.78, 5) is 0. The molecule has 3 aliphatic carbocycles. The predicted octanol–water partition coefficient (Wildman–Crippen LogP) is 5.98. The van der Waals surface area contributed by atoms with Gasteiger partial charge in [-0.1, -0.05) is 52.4 Å². The van der Waals surface area contributed by atoms with E-state index in [1.54, 1.807) is 0 Å². The molecular weight excluding hydrogens is 308 g/mol. The summed E-state index contributed by atoms with van der Waals surface area (Å²) in [5.41, 5.74) is 0.534. The van der Waals surface area contributed by atoms with E-state index < -0.39 is 0 Å². The smallest absolute Gasteiger partial charge is 0.104 e. The van der Waals surface area contributed by atoms with E-state index in [2.05, 4.69) is 13.8 Å². The highest BCUT2D eigenvalue weighted by Crippen LogP contribution is 2.50. The van der Waals surface area contributed by atoms with Gasteiger partial charge in [-0.15, -0.1) is 0 Å². The standard InChI is InChI=1S/C23H40O2/c1-23(2,19-9-7-18(8-10-19)6-5-17-3-4-17)20-11-13-21(14-12-20)24-15-22-16-25-22/h17-22H,3-16H2,1-2H3. The van der Waals surface area contributed by atoms with Gasteiger partial charge in [0.15, 0.2) is 0 Å². The van der Waals surface area contributed by atoms with E-state index in [9.17, 15) is 0 Å². The van der Waals surface area contributed by atoms with E-state index in [0.717, 1.165) is 36.9 Å². The Labute approximate surface area is 155 Å². The first-order valence-corrected chi connectivity index (χ1v) is 11.3. The minimum absolute atomic E-state index is 0.421. The van der Waals surface area contributed by atoms with Crippen LogP contribution in [0.5, 0.6) is 0 Å². The fourth-order valence-electron chi connectivity index (χ4n) is 5.79. The molecule has 1 saturated heterocycles. The molecule has 0 aromatic carbocycles. The molecular formula is C23H40O2. The molecule has 0 N–H and O–H groups in total. The van der Waals surface area contributed by atoms with Crippen molar-refractivity contribution in [3.63, 3.8) is 0 Å². The number of ether oxygens (including phenoxy) is 2. The topological polar surface area (TPSA) is 21.8 Å². The second kappa shape index (κ2) is 7.89. The molecule has 3 saturated carbocycles. The van der Waals surface area contributed by atoms with Crippen molar-refractivity contribution in [2.24, 2.45) is 29.1 Å². The van der Waals surface area contributed by atoms with Gasteiger partial charge < -0.3 is 9.47 Å². The number of hydrogen-bond donors (Lipinski definition) is 0. The van der Waals surface area contributed by atoms with Gasteiger partial charge in [0.1, 0.15) is 6.10 Å². The lowest BCUT2D eigenvalue weighted by molar-refractivity contribution is -0.0222. The second-order valence-corrected chi connectivity index (χ2v) is 10.3. The van der Waals surface area contributed by atoms with E-state index >= 15 is 0 Å². The average Bonchev–Trinajstić information content (AvgIpc) is 3.54. The third-order valence-electron chi connectivity index (χ3n) is 8.23. The van der Waals surface area contributed by atoms with E-state index in [1.807, 2.05) is 0 Å². The number of hydrogen-bond acceptors (Lipinski definition) is 2. The summed E-state index contributed by atoms with van der Waals surface area (Å²) >= 11 is 0. The van der Waals surface area contributed by atoms with Crippen LogP contribution < -0.4 is 0 Å². The first-order valence-electron chi connectivity index (χ1n) is 11.3. The quantitative estimate of drug-likeness (QED) is 0.503. The van der Waals surface area contributed by atoms with Crippen LogP contribution in [0.25, 0.3) is 0 Å². The van der Waals surface area contributed by atoms with Crippen molar-refractivity contribution in [2.45, 2.75) is 103 Å². The Hall–Kier alpha value is -0.0800. The monoisotopic (exact) mass is 348 g/mol. The Morgan fingerprint density at radius 1 is 0.760 bits per heavy atom. The third-order valence-corrected chi connectivity index (χ3v) is 8.23. The Morgan fingerprint density at radius 2 is 1.24 bits per heavy atom. The van der Waals surface area contributed by atoms with Gasteiger partial charge in [-0.2, -0.15) is 0 Å². The lowest BCUT2D eigenvalue weighted by atomic mass is 9.59. The Balaban J connectivity index is 1.18. The average molecular weight is 349 g/mol. The second-order valence-electron chi connectivity index (χ2n) is 10.3. The van der Waals surface area contributed by atoms with Crippen LogP contribution >= 0.6 is 0 Å². The summed E-state index contributed by atoms with van der Waals surface area (Å²) in [5, 5.41) is 0. The molecule has 4 aliphatic rings. The van der Waals surface area contributed by atoms with Crippen molar-refractivity contribution in [2.75, 3.05) is 13.2 Å². The maximum Gasteiger partial charge on any atom is 0.104 e. The molecule has 1 aliphatic heterocycles. The van der Waals surface area contributed by atoms with Gasteiger partial charge in [0.25, 0.3) is 0 Å². The van der Waals surface area contributed by atoms with Gasteiger partial charge in [-0.05, 0) is 67.6 Å². The van der Waals surface area contributed by atoms with Crippen molar-refractivity contribution >= 4 is 0 Å². The van der Waals surface area contributed by atoms with Crippen molar-refractivity contribution < 1.29 is 9.47 Å². The summed E-state index contributed by atoms with van der Waals surface area (Å²) in [6, 6.07) is 0. The van der Waals surface area contributed by atoms with Gasteiger partial charge in [0, 0.05) is 0 Å². The van der Waals surface area contributed by atoms with Crippen molar-refractivity contribution in [1.82, 2.24) is 0 Å². The molecule has 0 bridgehead atoms. The summed E-state index contributed by atoms with van der Waals surface area (Å²) in [7, 11) is 0. The molecule has 4 fully saturated rings. The summed E-state index contributed by atoms with van der Waals surface area (Å²) in [6.45, 7) is 6.94.